The van der Waals surface area contributed by atoms with Crippen LogP contribution in [-0.4, -0.2) is 40.6 Å². The van der Waals surface area contributed by atoms with Gasteiger partial charge in [0.25, 0.3) is 0 Å². The average molecular weight is 225 g/mol. The zero-order chi connectivity index (χ0) is 11.5. The van der Waals surface area contributed by atoms with Gasteiger partial charge >= 0.3 is 6.03 Å². The van der Waals surface area contributed by atoms with Gasteiger partial charge in [-0.1, -0.05) is 19.3 Å². The van der Waals surface area contributed by atoms with E-state index in [0.717, 1.165) is 25.7 Å². The molecule has 1 aliphatic carbocycles. The van der Waals surface area contributed by atoms with Crippen molar-refractivity contribution in [2.45, 2.75) is 44.4 Å². The summed E-state index contributed by atoms with van der Waals surface area (Å²) in [6.45, 7) is 0. The Bertz CT molecular complexity index is 323. The molecule has 1 saturated heterocycles. The van der Waals surface area contributed by atoms with Gasteiger partial charge in [-0.2, -0.15) is 0 Å². The van der Waals surface area contributed by atoms with Crippen LogP contribution in [0.1, 0.15) is 32.1 Å². The molecule has 0 radical (unpaired) electrons. The molecule has 1 saturated carbocycles. The van der Waals surface area contributed by atoms with Crippen LogP contribution >= 0.6 is 0 Å². The fourth-order valence-corrected chi connectivity index (χ4v) is 2.09. The summed E-state index contributed by atoms with van der Waals surface area (Å²) >= 11 is 0. The minimum Gasteiger partial charge on any atom is -0.366 e. The van der Waals surface area contributed by atoms with E-state index in [9.17, 15) is 14.7 Å². The summed E-state index contributed by atoms with van der Waals surface area (Å²) in [5, 5.41) is 12.0. The Morgan fingerprint density at radius 3 is 2.62 bits per heavy atom. The number of aliphatic imine (C=N–C) groups is 1. The van der Waals surface area contributed by atoms with E-state index in [1.54, 1.807) is 0 Å². The smallest absolute Gasteiger partial charge is 0.331 e. The van der Waals surface area contributed by atoms with E-state index in [1.807, 2.05) is 0 Å². The molecule has 0 bridgehead atoms. The molecule has 1 atom stereocenters. The molecule has 2 fully saturated rings. The quantitative estimate of drug-likeness (QED) is 0.659. The molecule has 0 aromatic heterocycles. The van der Waals surface area contributed by atoms with Crippen molar-refractivity contribution < 1.29 is 14.7 Å². The largest absolute Gasteiger partial charge is 0.366 e. The average Bonchev–Trinajstić information content (AvgIpc) is 2.55. The molecule has 0 aromatic rings. The van der Waals surface area contributed by atoms with Crippen molar-refractivity contribution in [2.24, 2.45) is 4.99 Å². The Morgan fingerprint density at radius 2 is 2.06 bits per heavy atom. The Hall–Kier alpha value is -1.43. The van der Waals surface area contributed by atoms with Gasteiger partial charge in [-0.25, -0.2) is 9.69 Å². The molecule has 6 nitrogen and oxygen atoms in total. The first kappa shape index (κ1) is 11.1. The lowest BCUT2D eigenvalue weighted by Crippen LogP contribution is -2.33. The fraction of sp³-hybridized carbons (Fsp3) is 0.700. The third kappa shape index (κ3) is 2.06. The second kappa shape index (κ2) is 4.61. The molecular formula is C10H15N3O3. The third-order valence-electron chi connectivity index (χ3n) is 2.99. The number of hydrogen-bond donors (Lipinski definition) is 2. The van der Waals surface area contributed by atoms with E-state index < -0.39 is 12.3 Å². The summed E-state index contributed by atoms with van der Waals surface area (Å²) in [4.78, 5) is 26.7. The van der Waals surface area contributed by atoms with Crippen molar-refractivity contribution in [1.29, 1.82) is 0 Å². The van der Waals surface area contributed by atoms with E-state index in [2.05, 4.69) is 10.3 Å². The van der Waals surface area contributed by atoms with Gasteiger partial charge in [-0.15, -0.1) is 0 Å². The van der Waals surface area contributed by atoms with Gasteiger partial charge < -0.3 is 5.11 Å². The molecule has 1 unspecified atom stereocenters. The summed E-state index contributed by atoms with van der Waals surface area (Å²) in [5.41, 5.74) is 0. The number of urea groups is 1. The van der Waals surface area contributed by atoms with Crippen LogP contribution in [-0.2, 0) is 4.79 Å². The number of amides is 3. The molecule has 0 aromatic carbocycles. The van der Waals surface area contributed by atoms with Crippen molar-refractivity contribution in [3.8, 4) is 0 Å². The molecule has 0 spiro atoms. The first-order chi connectivity index (χ1) is 7.72. The van der Waals surface area contributed by atoms with E-state index >= 15 is 0 Å². The van der Waals surface area contributed by atoms with Gasteiger partial charge in [0.05, 0.1) is 6.04 Å². The topological polar surface area (TPSA) is 82.0 Å². The highest BCUT2D eigenvalue weighted by Gasteiger charge is 2.35. The zero-order valence-electron chi connectivity index (χ0n) is 8.93. The summed E-state index contributed by atoms with van der Waals surface area (Å²) in [7, 11) is 0. The van der Waals surface area contributed by atoms with Crippen molar-refractivity contribution in [1.82, 2.24) is 10.2 Å². The van der Waals surface area contributed by atoms with Gasteiger partial charge in [-0.05, 0) is 12.8 Å². The highest BCUT2D eigenvalue weighted by Crippen LogP contribution is 2.21. The molecule has 2 rings (SSSR count). The lowest BCUT2D eigenvalue weighted by Gasteiger charge is -2.18. The predicted octanol–water partition coefficient (Wildman–Crippen LogP) is 0.218. The maximum Gasteiger partial charge on any atom is 0.331 e. The molecular weight excluding hydrogens is 210 g/mol. The lowest BCUT2D eigenvalue weighted by atomic mass is 9.96. The van der Waals surface area contributed by atoms with Crippen LogP contribution in [0.3, 0.4) is 0 Å². The predicted molar refractivity (Wildman–Crippen MR) is 56.7 cm³/mol. The molecule has 1 aliphatic heterocycles. The monoisotopic (exact) mass is 225 g/mol. The van der Waals surface area contributed by atoms with Crippen LogP contribution in [0.2, 0.25) is 0 Å². The summed E-state index contributed by atoms with van der Waals surface area (Å²) in [6.07, 6.45) is 4.50. The summed E-state index contributed by atoms with van der Waals surface area (Å²) < 4.78 is 0. The molecule has 2 aliphatic rings. The van der Waals surface area contributed by atoms with Crippen molar-refractivity contribution in [3.05, 3.63) is 0 Å². The maximum atomic E-state index is 11.2. The number of aliphatic hydroxyl groups excluding tert-OH is 1. The Labute approximate surface area is 93.3 Å². The number of rotatable bonds is 2. The normalized spacial score (nSPS) is 29.6. The van der Waals surface area contributed by atoms with Gasteiger partial charge in [0, 0.05) is 0 Å². The van der Waals surface area contributed by atoms with Gasteiger partial charge in [0.1, 0.15) is 0 Å². The Morgan fingerprint density at radius 1 is 1.38 bits per heavy atom. The van der Waals surface area contributed by atoms with E-state index in [1.165, 1.54) is 6.42 Å². The van der Waals surface area contributed by atoms with E-state index in [-0.39, 0.29) is 11.9 Å². The minimum absolute atomic E-state index is 0.158. The van der Waals surface area contributed by atoms with Crippen LogP contribution < -0.4 is 5.32 Å². The zero-order valence-corrected chi connectivity index (χ0v) is 8.93. The van der Waals surface area contributed by atoms with Crippen LogP contribution in [0, 0.1) is 0 Å². The molecule has 3 amide bonds. The highest BCUT2D eigenvalue weighted by atomic mass is 16.3. The first-order valence-corrected chi connectivity index (χ1v) is 5.53. The van der Waals surface area contributed by atoms with Crippen molar-refractivity contribution >= 4 is 18.3 Å². The summed E-state index contributed by atoms with van der Waals surface area (Å²) in [5.74, 6) is 0.198. The number of nitrogens with zero attached hydrogens (tertiary/aromatic N) is 2. The standard InChI is InChI=1S/C10H15N3O3/c14-6-13-9(15)8(12-10(13)16)11-7-4-2-1-3-5-7/h6-7,9,15H,1-5H2,(H,11,12,16). The number of nitrogens with one attached hydrogen (secondary N) is 1. The first-order valence-electron chi connectivity index (χ1n) is 5.53. The molecule has 16 heavy (non-hydrogen) atoms. The van der Waals surface area contributed by atoms with E-state index in [0.29, 0.717) is 11.3 Å². The van der Waals surface area contributed by atoms with Gasteiger partial charge in [0.15, 0.2) is 12.1 Å². The van der Waals surface area contributed by atoms with Gasteiger partial charge in [0.2, 0.25) is 6.41 Å². The molecule has 2 N–H and O–H groups in total. The third-order valence-corrected chi connectivity index (χ3v) is 2.99. The van der Waals surface area contributed by atoms with Crippen molar-refractivity contribution in [2.75, 3.05) is 0 Å². The van der Waals surface area contributed by atoms with Crippen LogP contribution in [0.15, 0.2) is 4.99 Å². The van der Waals surface area contributed by atoms with Crippen LogP contribution in [0.25, 0.3) is 0 Å². The van der Waals surface area contributed by atoms with Crippen LogP contribution in [0.5, 0.6) is 0 Å². The number of amidine groups is 1. The number of imide groups is 1. The molecule has 88 valence electrons. The Kier molecular flexibility index (Phi) is 3.19. The van der Waals surface area contributed by atoms with Crippen molar-refractivity contribution in [3.63, 3.8) is 0 Å². The fourth-order valence-electron chi connectivity index (χ4n) is 2.09. The second-order valence-corrected chi connectivity index (χ2v) is 4.12. The maximum absolute atomic E-state index is 11.2. The number of carbonyl (C=O) groups is 2. The molecule has 1 heterocycles. The number of aliphatic hydroxyl groups is 1. The van der Waals surface area contributed by atoms with Gasteiger partial charge in [-0.3, -0.25) is 15.1 Å². The number of carbonyl (C=O) groups excluding carboxylic acids is 2. The second-order valence-electron chi connectivity index (χ2n) is 4.12. The summed E-state index contributed by atoms with van der Waals surface area (Å²) in [6, 6.07) is -0.456. The minimum atomic E-state index is -1.24. The lowest BCUT2D eigenvalue weighted by molar-refractivity contribution is -0.119. The van der Waals surface area contributed by atoms with E-state index in [4.69, 9.17) is 0 Å². The van der Waals surface area contributed by atoms with Crippen LogP contribution in [0.4, 0.5) is 4.79 Å². The molecule has 6 heteroatoms. The Balaban J connectivity index is 2.06. The highest BCUT2D eigenvalue weighted by molar-refractivity contribution is 6.10. The SMILES string of the molecule is O=CN1C(=O)NC(=NC2CCCCC2)C1O. The number of hydrogen-bond acceptors (Lipinski definition) is 4.